The van der Waals surface area contributed by atoms with E-state index in [-0.39, 0.29) is 12.1 Å². The van der Waals surface area contributed by atoms with Gasteiger partial charge in [0.1, 0.15) is 0 Å². The van der Waals surface area contributed by atoms with Gasteiger partial charge in [-0.15, -0.1) is 0 Å². The van der Waals surface area contributed by atoms with E-state index in [0.717, 1.165) is 11.1 Å². The summed E-state index contributed by atoms with van der Waals surface area (Å²) >= 11 is 6.04. The minimum atomic E-state index is -0.337. The van der Waals surface area contributed by atoms with Crippen molar-refractivity contribution in [2.75, 3.05) is 10.6 Å². The van der Waals surface area contributed by atoms with E-state index in [4.69, 9.17) is 17.3 Å². The number of halogens is 1. The van der Waals surface area contributed by atoms with Crippen LogP contribution in [-0.4, -0.2) is 6.03 Å². The van der Waals surface area contributed by atoms with Crippen LogP contribution < -0.4 is 16.4 Å². The van der Waals surface area contributed by atoms with Crippen LogP contribution in [0.1, 0.15) is 24.1 Å². The topological polar surface area (TPSA) is 67.2 Å². The quantitative estimate of drug-likeness (QED) is 0.791. The molecule has 0 aliphatic carbocycles. The minimum absolute atomic E-state index is 0.0287. The highest BCUT2D eigenvalue weighted by molar-refractivity contribution is 6.33. The Morgan fingerprint density at radius 3 is 2.43 bits per heavy atom. The molecule has 1 atom stereocenters. The van der Waals surface area contributed by atoms with Crippen molar-refractivity contribution >= 4 is 29.0 Å². The van der Waals surface area contributed by atoms with Gasteiger partial charge in [-0.1, -0.05) is 29.8 Å². The van der Waals surface area contributed by atoms with Crippen LogP contribution in [0.15, 0.2) is 42.5 Å². The number of hydrogen-bond donors (Lipinski definition) is 3. The van der Waals surface area contributed by atoms with Crippen LogP contribution in [0, 0.1) is 6.92 Å². The minimum Gasteiger partial charge on any atom is -0.324 e. The van der Waals surface area contributed by atoms with Gasteiger partial charge in [-0.25, -0.2) is 4.79 Å². The van der Waals surface area contributed by atoms with E-state index in [9.17, 15) is 4.79 Å². The zero-order valence-corrected chi connectivity index (χ0v) is 12.7. The van der Waals surface area contributed by atoms with Gasteiger partial charge in [0.05, 0.1) is 10.7 Å². The molecule has 2 aromatic carbocycles. The molecule has 2 rings (SSSR count). The van der Waals surface area contributed by atoms with Crippen molar-refractivity contribution in [3.63, 3.8) is 0 Å². The number of nitrogens with two attached hydrogens (primary N) is 1. The lowest BCUT2D eigenvalue weighted by atomic mass is 10.1. The van der Waals surface area contributed by atoms with Crippen molar-refractivity contribution < 1.29 is 4.79 Å². The van der Waals surface area contributed by atoms with Gasteiger partial charge in [0, 0.05) is 11.7 Å². The number of aryl methyl sites for hydroxylation is 1. The fraction of sp³-hybridized carbons (Fsp3) is 0.188. The first-order valence-corrected chi connectivity index (χ1v) is 7.03. The second-order valence-electron chi connectivity index (χ2n) is 4.97. The summed E-state index contributed by atoms with van der Waals surface area (Å²) in [5.74, 6) is 0. The zero-order chi connectivity index (χ0) is 15.4. The summed E-state index contributed by atoms with van der Waals surface area (Å²) in [4.78, 5) is 12.0. The van der Waals surface area contributed by atoms with Crippen LogP contribution in [0.4, 0.5) is 16.2 Å². The molecule has 0 bridgehead atoms. The van der Waals surface area contributed by atoms with Gasteiger partial charge in [-0.2, -0.15) is 0 Å². The Labute approximate surface area is 129 Å². The average Bonchev–Trinajstić information content (AvgIpc) is 2.43. The predicted molar refractivity (Wildman–Crippen MR) is 87.9 cm³/mol. The molecule has 1 unspecified atom stereocenters. The smallest absolute Gasteiger partial charge is 0.323 e. The third-order valence-corrected chi connectivity index (χ3v) is 3.39. The Hall–Kier alpha value is -2.04. The molecule has 4 N–H and O–H groups in total. The molecule has 0 fully saturated rings. The number of urea groups is 1. The molecular weight excluding hydrogens is 286 g/mol. The summed E-state index contributed by atoms with van der Waals surface area (Å²) in [6.07, 6.45) is 0. The number of carbonyl (C=O) groups is 1. The number of anilines is 2. The lowest BCUT2D eigenvalue weighted by Crippen LogP contribution is -2.19. The fourth-order valence-electron chi connectivity index (χ4n) is 1.89. The third kappa shape index (κ3) is 4.21. The summed E-state index contributed by atoms with van der Waals surface area (Å²) in [5.41, 5.74) is 9.10. The summed E-state index contributed by atoms with van der Waals surface area (Å²) in [6.45, 7) is 3.85. The van der Waals surface area contributed by atoms with Gasteiger partial charge in [0.2, 0.25) is 0 Å². The molecule has 110 valence electrons. The predicted octanol–water partition coefficient (Wildman–Crippen LogP) is 4.31. The summed E-state index contributed by atoms with van der Waals surface area (Å²) in [5, 5.41) is 5.99. The van der Waals surface area contributed by atoms with Crippen LogP contribution in [-0.2, 0) is 0 Å². The number of carbonyl (C=O) groups excluding carboxylic acids is 1. The van der Waals surface area contributed by atoms with Crippen molar-refractivity contribution in [1.82, 2.24) is 0 Å². The number of hydrogen-bond acceptors (Lipinski definition) is 2. The monoisotopic (exact) mass is 303 g/mol. The van der Waals surface area contributed by atoms with Crippen molar-refractivity contribution in [3.05, 3.63) is 58.6 Å². The molecule has 2 aromatic rings. The molecule has 0 heterocycles. The van der Waals surface area contributed by atoms with E-state index in [1.165, 1.54) is 0 Å². The molecule has 4 nitrogen and oxygen atoms in total. The van der Waals surface area contributed by atoms with Gasteiger partial charge >= 0.3 is 6.03 Å². The Kier molecular flexibility index (Phi) is 4.83. The maximum Gasteiger partial charge on any atom is 0.323 e. The standard InChI is InChI=1S/C16H18ClN3O/c1-10-3-8-14(17)15(9-10)20-16(21)19-13-6-4-12(5-7-13)11(2)18/h3-9,11H,18H2,1-2H3,(H2,19,20,21). The van der Waals surface area contributed by atoms with E-state index < -0.39 is 0 Å². The number of amides is 2. The van der Waals surface area contributed by atoms with E-state index >= 15 is 0 Å². The average molecular weight is 304 g/mol. The Morgan fingerprint density at radius 2 is 1.81 bits per heavy atom. The van der Waals surface area contributed by atoms with Crippen molar-refractivity contribution in [2.24, 2.45) is 5.73 Å². The molecule has 2 amide bonds. The lowest BCUT2D eigenvalue weighted by Gasteiger charge is -2.11. The molecule has 0 saturated carbocycles. The van der Waals surface area contributed by atoms with Gasteiger partial charge in [0.25, 0.3) is 0 Å². The van der Waals surface area contributed by atoms with Crippen LogP contribution in [0.2, 0.25) is 5.02 Å². The first-order valence-electron chi connectivity index (χ1n) is 6.65. The third-order valence-electron chi connectivity index (χ3n) is 3.06. The largest absolute Gasteiger partial charge is 0.324 e. The fourth-order valence-corrected chi connectivity index (χ4v) is 2.05. The van der Waals surface area contributed by atoms with E-state index in [0.29, 0.717) is 16.4 Å². The number of rotatable bonds is 3. The van der Waals surface area contributed by atoms with Gasteiger partial charge < -0.3 is 16.4 Å². The van der Waals surface area contributed by atoms with Crippen LogP contribution >= 0.6 is 11.6 Å². The first kappa shape index (κ1) is 15.4. The second kappa shape index (κ2) is 6.61. The first-order chi connectivity index (χ1) is 9.95. The Bertz CT molecular complexity index is 638. The summed E-state index contributed by atoms with van der Waals surface area (Å²) in [6, 6.07) is 12.5. The Balaban J connectivity index is 2.03. The van der Waals surface area contributed by atoms with E-state index in [1.807, 2.05) is 50.2 Å². The van der Waals surface area contributed by atoms with Gasteiger partial charge in [-0.3, -0.25) is 0 Å². The van der Waals surface area contributed by atoms with Crippen molar-refractivity contribution in [2.45, 2.75) is 19.9 Å². The SMILES string of the molecule is Cc1ccc(Cl)c(NC(=O)Nc2ccc(C(C)N)cc2)c1. The molecule has 5 heteroatoms. The van der Waals surface area contributed by atoms with Gasteiger partial charge in [0.15, 0.2) is 0 Å². The highest BCUT2D eigenvalue weighted by Gasteiger charge is 2.07. The van der Waals surface area contributed by atoms with Crippen LogP contribution in [0.5, 0.6) is 0 Å². The van der Waals surface area contributed by atoms with Crippen molar-refractivity contribution in [3.8, 4) is 0 Å². The van der Waals surface area contributed by atoms with E-state index in [2.05, 4.69) is 10.6 Å². The maximum atomic E-state index is 12.0. The van der Waals surface area contributed by atoms with E-state index in [1.54, 1.807) is 6.07 Å². The van der Waals surface area contributed by atoms with Crippen molar-refractivity contribution in [1.29, 1.82) is 0 Å². The normalized spacial score (nSPS) is 11.8. The molecule has 0 spiro atoms. The molecule has 0 aliphatic heterocycles. The highest BCUT2D eigenvalue weighted by atomic mass is 35.5. The molecule has 0 radical (unpaired) electrons. The zero-order valence-electron chi connectivity index (χ0n) is 12.0. The lowest BCUT2D eigenvalue weighted by molar-refractivity contribution is 0.262. The molecule has 0 aromatic heterocycles. The maximum absolute atomic E-state index is 12.0. The Morgan fingerprint density at radius 1 is 1.14 bits per heavy atom. The van der Waals surface area contributed by atoms with Gasteiger partial charge in [-0.05, 0) is 49.2 Å². The molecule has 0 saturated heterocycles. The highest BCUT2D eigenvalue weighted by Crippen LogP contribution is 2.23. The molecular formula is C16H18ClN3O. The molecule has 21 heavy (non-hydrogen) atoms. The molecule has 0 aliphatic rings. The number of nitrogens with one attached hydrogen (secondary N) is 2. The van der Waals surface area contributed by atoms with Crippen LogP contribution in [0.3, 0.4) is 0 Å². The summed E-state index contributed by atoms with van der Waals surface area (Å²) in [7, 11) is 0. The number of benzene rings is 2. The van der Waals surface area contributed by atoms with Crippen LogP contribution in [0.25, 0.3) is 0 Å². The second-order valence-corrected chi connectivity index (χ2v) is 5.38. The summed E-state index contributed by atoms with van der Waals surface area (Å²) < 4.78 is 0.